The molecule has 0 unspecified atom stereocenters. The lowest BCUT2D eigenvalue weighted by atomic mass is 9.89. The third kappa shape index (κ3) is 3.52. The van der Waals surface area contributed by atoms with E-state index in [1.54, 1.807) is 0 Å². The maximum atomic E-state index is 13.4. The van der Waals surface area contributed by atoms with Crippen LogP contribution < -0.4 is 4.31 Å². The predicted octanol–water partition coefficient (Wildman–Crippen LogP) is 3.00. The van der Waals surface area contributed by atoms with Gasteiger partial charge in [0.2, 0.25) is 10.0 Å². The van der Waals surface area contributed by atoms with Gasteiger partial charge in [-0.05, 0) is 56.8 Å². The lowest BCUT2D eigenvalue weighted by Crippen LogP contribution is -2.54. The normalized spacial score (nSPS) is 29.1. The van der Waals surface area contributed by atoms with Crippen molar-refractivity contribution in [2.75, 3.05) is 30.5 Å². The largest absolute Gasteiger partial charge is 0.390 e. The molecule has 0 bridgehead atoms. The fourth-order valence-electron chi connectivity index (χ4n) is 5.27. The molecule has 1 N–H and O–H groups in total. The highest BCUT2D eigenvalue weighted by atomic mass is 32.2. The SMILES string of the molecule is O=S1(=O)N(c2ccccc2)C[C@H](O)C12CCN(CC1CCCCCC1)CC2. The number of β-amino-alcohol motifs (C(OH)–C–C–N with tert-alkyl or cyclic N) is 1. The van der Waals surface area contributed by atoms with Crippen LogP contribution >= 0.6 is 0 Å². The summed E-state index contributed by atoms with van der Waals surface area (Å²) in [6, 6.07) is 9.19. The van der Waals surface area contributed by atoms with E-state index in [4.69, 9.17) is 0 Å². The van der Waals surface area contributed by atoms with Crippen molar-refractivity contribution >= 4 is 15.7 Å². The Labute approximate surface area is 163 Å². The van der Waals surface area contributed by atoms with E-state index in [9.17, 15) is 13.5 Å². The number of aliphatic hydroxyl groups excluding tert-OH is 1. The number of hydrogen-bond donors (Lipinski definition) is 1. The number of piperidine rings is 1. The van der Waals surface area contributed by atoms with Gasteiger partial charge in [0, 0.05) is 6.54 Å². The van der Waals surface area contributed by atoms with E-state index >= 15 is 0 Å². The minimum Gasteiger partial charge on any atom is -0.390 e. The molecule has 1 aromatic rings. The molecule has 1 atom stereocenters. The molecular weight excluding hydrogens is 360 g/mol. The van der Waals surface area contributed by atoms with Gasteiger partial charge < -0.3 is 10.0 Å². The first-order valence-corrected chi connectivity index (χ1v) is 11.9. The summed E-state index contributed by atoms with van der Waals surface area (Å²) < 4.78 is 27.2. The molecule has 2 saturated heterocycles. The summed E-state index contributed by atoms with van der Waals surface area (Å²) in [5, 5.41) is 10.8. The van der Waals surface area contributed by atoms with E-state index in [2.05, 4.69) is 4.90 Å². The monoisotopic (exact) mass is 392 g/mol. The highest BCUT2D eigenvalue weighted by molar-refractivity contribution is 7.94. The number of nitrogens with zero attached hydrogens (tertiary/aromatic N) is 2. The zero-order valence-corrected chi connectivity index (χ0v) is 16.9. The van der Waals surface area contributed by atoms with Gasteiger partial charge in [0.1, 0.15) is 4.75 Å². The van der Waals surface area contributed by atoms with Gasteiger partial charge in [-0.15, -0.1) is 0 Å². The molecule has 1 aliphatic carbocycles. The molecule has 5 nitrogen and oxygen atoms in total. The Morgan fingerprint density at radius 2 is 1.63 bits per heavy atom. The van der Waals surface area contributed by atoms with Crippen LogP contribution in [-0.4, -0.2) is 55.5 Å². The van der Waals surface area contributed by atoms with Crippen molar-refractivity contribution < 1.29 is 13.5 Å². The highest BCUT2D eigenvalue weighted by Crippen LogP contribution is 2.43. The third-order valence-corrected chi connectivity index (χ3v) is 9.64. The molecule has 1 saturated carbocycles. The molecule has 150 valence electrons. The zero-order chi connectivity index (χ0) is 18.9. The minimum atomic E-state index is -3.56. The molecule has 1 aromatic carbocycles. The fourth-order valence-corrected chi connectivity index (χ4v) is 7.56. The van der Waals surface area contributed by atoms with E-state index in [1.807, 2.05) is 30.3 Å². The number of aliphatic hydroxyl groups is 1. The number of sulfonamides is 1. The van der Waals surface area contributed by atoms with Gasteiger partial charge in [-0.3, -0.25) is 4.31 Å². The predicted molar refractivity (Wildman–Crippen MR) is 108 cm³/mol. The van der Waals surface area contributed by atoms with Gasteiger partial charge in [-0.2, -0.15) is 0 Å². The van der Waals surface area contributed by atoms with Crippen LogP contribution in [0.1, 0.15) is 51.4 Å². The average molecular weight is 393 g/mol. The molecule has 1 spiro atoms. The van der Waals surface area contributed by atoms with Gasteiger partial charge >= 0.3 is 0 Å². The lowest BCUT2D eigenvalue weighted by molar-refractivity contribution is 0.0840. The highest BCUT2D eigenvalue weighted by Gasteiger charge is 2.59. The minimum absolute atomic E-state index is 0.176. The van der Waals surface area contributed by atoms with E-state index in [-0.39, 0.29) is 6.54 Å². The van der Waals surface area contributed by atoms with Crippen LogP contribution in [0.4, 0.5) is 5.69 Å². The van der Waals surface area contributed by atoms with Crippen molar-refractivity contribution in [3.63, 3.8) is 0 Å². The molecule has 0 radical (unpaired) electrons. The van der Waals surface area contributed by atoms with E-state index in [0.29, 0.717) is 18.5 Å². The smallest absolute Gasteiger partial charge is 0.243 e. The number of rotatable bonds is 3. The molecule has 2 heterocycles. The molecule has 0 aromatic heterocycles. The molecule has 4 rings (SSSR count). The van der Waals surface area contributed by atoms with Gasteiger partial charge in [0.25, 0.3) is 0 Å². The molecular formula is C21H32N2O3S. The Kier molecular flexibility index (Phi) is 5.50. The van der Waals surface area contributed by atoms with Crippen LogP contribution in [0.2, 0.25) is 0 Å². The van der Waals surface area contributed by atoms with Crippen molar-refractivity contribution in [3.8, 4) is 0 Å². The van der Waals surface area contributed by atoms with Crippen molar-refractivity contribution in [2.24, 2.45) is 5.92 Å². The van der Waals surface area contributed by atoms with Crippen molar-refractivity contribution in [1.29, 1.82) is 0 Å². The number of benzene rings is 1. The van der Waals surface area contributed by atoms with E-state index in [0.717, 1.165) is 25.6 Å². The average Bonchev–Trinajstić information content (AvgIpc) is 2.86. The summed E-state index contributed by atoms with van der Waals surface area (Å²) in [7, 11) is -3.56. The van der Waals surface area contributed by atoms with Crippen molar-refractivity contribution in [1.82, 2.24) is 4.90 Å². The lowest BCUT2D eigenvalue weighted by Gasteiger charge is -2.40. The molecule has 27 heavy (non-hydrogen) atoms. The second-order valence-electron chi connectivity index (χ2n) is 8.61. The summed E-state index contributed by atoms with van der Waals surface area (Å²) >= 11 is 0. The Morgan fingerprint density at radius 1 is 1.00 bits per heavy atom. The fraction of sp³-hybridized carbons (Fsp3) is 0.714. The third-order valence-electron chi connectivity index (χ3n) is 6.99. The van der Waals surface area contributed by atoms with Crippen LogP contribution in [0.15, 0.2) is 30.3 Å². The summed E-state index contributed by atoms with van der Waals surface area (Å²) in [6.45, 7) is 2.81. The first-order chi connectivity index (χ1) is 13.0. The maximum Gasteiger partial charge on any atom is 0.243 e. The summed E-state index contributed by atoms with van der Waals surface area (Å²) in [5.74, 6) is 0.757. The maximum absolute atomic E-state index is 13.4. The number of para-hydroxylation sites is 1. The standard InChI is InChI=1S/C21H32N2O3S/c24-20-17-23(19-10-6-3-7-11-19)27(25,26)21(20)12-14-22(15-13-21)16-18-8-4-1-2-5-9-18/h3,6-7,10-11,18,20,24H,1-2,4-5,8-9,12-17H2/t20-/m0/s1. The van der Waals surface area contributed by atoms with Gasteiger partial charge in [0.15, 0.2) is 0 Å². The topological polar surface area (TPSA) is 60.9 Å². The van der Waals surface area contributed by atoms with Crippen LogP contribution in [-0.2, 0) is 10.0 Å². The first kappa shape index (κ1) is 19.2. The van der Waals surface area contributed by atoms with Crippen LogP contribution in [0.5, 0.6) is 0 Å². The second-order valence-corrected chi connectivity index (χ2v) is 10.8. The molecule has 3 aliphatic rings. The molecule has 2 aliphatic heterocycles. The molecule has 3 fully saturated rings. The van der Waals surface area contributed by atoms with E-state index < -0.39 is 20.9 Å². The zero-order valence-electron chi connectivity index (χ0n) is 16.1. The summed E-state index contributed by atoms with van der Waals surface area (Å²) in [5.41, 5.74) is 0.661. The summed E-state index contributed by atoms with van der Waals surface area (Å²) in [4.78, 5) is 2.44. The number of likely N-dealkylation sites (tertiary alicyclic amines) is 1. The Hall–Kier alpha value is -1.11. The van der Waals surface area contributed by atoms with E-state index in [1.165, 1.54) is 42.8 Å². The van der Waals surface area contributed by atoms with Crippen LogP contribution in [0, 0.1) is 5.92 Å². The van der Waals surface area contributed by atoms with Crippen molar-refractivity contribution in [3.05, 3.63) is 30.3 Å². The molecule has 0 amide bonds. The summed E-state index contributed by atoms with van der Waals surface area (Å²) in [6.07, 6.45) is 8.26. The number of hydrogen-bond acceptors (Lipinski definition) is 4. The Balaban J connectivity index is 1.45. The van der Waals surface area contributed by atoms with Crippen LogP contribution in [0.25, 0.3) is 0 Å². The van der Waals surface area contributed by atoms with Gasteiger partial charge in [-0.25, -0.2) is 8.42 Å². The molecule has 6 heteroatoms. The number of anilines is 1. The first-order valence-electron chi connectivity index (χ1n) is 10.5. The van der Waals surface area contributed by atoms with Crippen molar-refractivity contribution in [2.45, 2.75) is 62.2 Å². The van der Waals surface area contributed by atoms with Crippen LogP contribution in [0.3, 0.4) is 0 Å². The van der Waals surface area contributed by atoms with Gasteiger partial charge in [-0.1, -0.05) is 43.9 Å². The van der Waals surface area contributed by atoms with Gasteiger partial charge in [0.05, 0.1) is 18.3 Å². The Morgan fingerprint density at radius 3 is 2.26 bits per heavy atom. The quantitative estimate of drug-likeness (QED) is 0.804. The Bertz CT molecular complexity index is 721. The second kappa shape index (κ2) is 7.72.